The topological polar surface area (TPSA) is 71.2 Å². The first-order valence-electron chi connectivity index (χ1n) is 7.96. The molecule has 2 aliphatic carbocycles. The van der Waals surface area contributed by atoms with E-state index in [1.165, 1.54) is 37.0 Å². The summed E-state index contributed by atoms with van der Waals surface area (Å²) in [6.07, 6.45) is 5.02. The fourth-order valence-corrected chi connectivity index (χ4v) is 3.88. The summed E-state index contributed by atoms with van der Waals surface area (Å²) in [7, 11) is 0. The van der Waals surface area contributed by atoms with Crippen LogP contribution in [0.15, 0.2) is 0 Å². The van der Waals surface area contributed by atoms with Gasteiger partial charge in [0.1, 0.15) is 10.7 Å². The van der Waals surface area contributed by atoms with Gasteiger partial charge in [-0.3, -0.25) is 4.79 Å². The molecule has 1 aromatic rings. The third-order valence-electron chi connectivity index (χ3n) is 4.44. The summed E-state index contributed by atoms with van der Waals surface area (Å²) < 4.78 is 0. The Morgan fingerprint density at radius 1 is 1.33 bits per heavy atom. The van der Waals surface area contributed by atoms with E-state index in [4.69, 9.17) is 5.73 Å². The number of carbonyl (C=O) groups is 1. The van der Waals surface area contributed by atoms with Crippen LogP contribution in [0.5, 0.6) is 0 Å². The van der Waals surface area contributed by atoms with Crippen molar-refractivity contribution in [1.82, 2.24) is 10.3 Å². The molecule has 0 radical (unpaired) electrons. The quantitative estimate of drug-likeness (QED) is 0.812. The molecule has 3 rings (SSSR count). The molecule has 1 aromatic heterocycles. The average Bonchev–Trinajstić information content (AvgIpc) is 3.36. The van der Waals surface area contributed by atoms with Crippen molar-refractivity contribution < 1.29 is 4.79 Å². The second-order valence-corrected chi connectivity index (χ2v) is 7.03. The lowest BCUT2D eigenvalue weighted by atomic mass is 10.1. The van der Waals surface area contributed by atoms with Crippen LogP contribution in [0.2, 0.25) is 0 Å². The van der Waals surface area contributed by atoms with Crippen LogP contribution in [-0.2, 0) is 0 Å². The van der Waals surface area contributed by atoms with E-state index in [0.29, 0.717) is 28.6 Å². The summed E-state index contributed by atoms with van der Waals surface area (Å²) in [6, 6.07) is 0.357. The minimum atomic E-state index is -0.0350. The second-order valence-electron chi connectivity index (χ2n) is 6.06. The molecule has 0 unspecified atom stereocenters. The van der Waals surface area contributed by atoms with Crippen LogP contribution in [0.4, 0.5) is 10.9 Å². The summed E-state index contributed by atoms with van der Waals surface area (Å²) in [5, 5.41) is 4.06. The fourth-order valence-electron chi connectivity index (χ4n) is 2.86. The van der Waals surface area contributed by atoms with E-state index in [1.54, 1.807) is 0 Å². The maximum atomic E-state index is 12.5. The minimum Gasteiger partial charge on any atom is -0.382 e. The Morgan fingerprint density at radius 2 is 1.90 bits per heavy atom. The molecule has 0 aromatic carbocycles. The number of nitrogens with zero attached hydrogens (tertiary/aromatic N) is 2. The summed E-state index contributed by atoms with van der Waals surface area (Å²) in [4.78, 5) is 19.6. The van der Waals surface area contributed by atoms with Gasteiger partial charge in [-0.15, -0.1) is 0 Å². The molecule has 0 atom stereocenters. The molecule has 0 aliphatic heterocycles. The molecule has 6 heteroatoms. The molecule has 0 saturated heterocycles. The Morgan fingerprint density at radius 3 is 2.38 bits per heavy atom. The van der Waals surface area contributed by atoms with E-state index in [-0.39, 0.29) is 5.91 Å². The number of hydrogen-bond donors (Lipinski definition) is 2. The molecular formula is C15H24N4OS. The van der Waals surface area contributed by atoms with Crippen LogP contribution in [0.1, 0.15) is 49.2 Å². The molecule has 1 amide bonds. The molecule has 2 fully saturated rings. The maximum absolute atomic E-state index is 12.5. The Bertz CT molecular complexity index is 506. The average molecular weight is 308 g/mol. The normalized spacial score (nSPS) is 18.0. The lowest BCUT2D eigenvalue weighted by molar-refractivity contribution is 0.0931. The predicted octanol–water partition coefficient (Wildman–Crippen LogP) is 2.49. The molecule has 0 bridgehead atoms. The largest absolute Gasteiger partial charge is 0.382 e. The van der Waals surface area contributed by atoms with Crippen LogP contribution in [0.25, 0.3) is 0 Å². The molecule has 3 N–H and O–H groups in total. The van der Waals surface area contributed by atoms with Crippen molar-refractivity contribution in [3.05, 3.63) is 4.88 Å². The van der Waals surface area contributed by atoms with Gasteiger partial charge < -0.3 is 16.0 Å². The van der Waals surface area contributed by atoms with Crippen molar-refractivity contribution in [3.63, 3.8) is 0 Å². The highest BCUT2D eigenvalue weighted by atomic mass is 32.1. The summed E-state index contributed by atoms with van der Waals surface area (Å²) >= 11 is 1.41. The summed E-state index contributed by atoms with van der Waals surface area (Å²) in [5.74, 6) is 1.72. The first kappa shape index (κ1) is 14.6. The molecule has 21 heavy (non-hydrogen) atoms. The van der Waals surface area contributed by atoms with Crippen molar-refractivity contribution in [3.8, 4) is 0 Å². The minimum absolute atomic E-state index is 0.0350. The number of carbonyl (C=O) groups excluding carboxylic acids is 1. The van der Waals surface area contributed by atoms with Crippen molar-refractivity contribution in [2.45, 2.75) is 45.6 Å². The molecule has 116 valence electrons. The highest BCUT2D eigenvalue weighted by Crippen LogP contribution is 2.44. The number of nitrogens with two attached hydrogens (primary N) is 1. The Balaban J connectivity index is 1.71. The zero-order valence-corrected chi connectivity index (χ0v) is 13.6. The van der Waals surface area contributed by atoms with Crippen LogP contribution in [-0.4, -0.2) is 30.0 Å². The van der Waals surface area contributed by atoms with E-state index in [1.807, 2.05) is 0 Å². The highest BCUT2D eigenvalue weighted by molar-refractivity contribution is 7.18. The van der Waals surface area contributed by atoms with Crippen LogP contribution < -0.4 is 16.0 Å². The van der Waals surface area contributed by atoms with Gasteiger partial charge in [0, 0.05) is 19.1 Å². The standard InChI is InChI=1S/C15H24N4OS/c1-3-19(4-2)15-18-13(16)12(21-15)14(20)17-11(9-5-6-9)10-7-8-10/h9-11H,3-8,16H2,1-2H3,(H,17,20). The van der Waals surface area contributed by atoms with E-state index in [9.17, 15) is 4.79 Å². The van der Waals surface area contributed by atoms with E-state index in [2.05, 4.69) is 29.0 Å². The van der Waals surface area contributed by atoms with E-state index in [0.717, 1.165) is 18.2 Å². The van der Waals surface area contributed by atoms with Gasteiger partial charge in [-0.2, -0.15) is 0 Å². The fraction of sp³-hybridized carbons (Fsp3) is 0.733. The molecule has 5 nitrogen and oxygen atoms in total. The maximum Gasteiger partial charge on any atom is 0.265 e. The zero-order valence-electron chi connectivity index (χ0n) is 12.8. The molecule has 0 spiro atoms. The number of amides is 1. The first-order valence-corrected chi connectivity index (χ1v) is 8.77. The van der Waals surface area contributed by atoms with Crippen molar-refractivity contribution in [2.24, 2.45) is 11.8 Å². The monoisotopic (exact) mass is 308 g/mol. The number of anilines is 2. The highest BCUT2D eigenvalue weighted by Gasteiger charge is 2.42. The van der Waals surface area contributed by atoms with Gasteiger partial charge in [-0.1, -0.05) is 11.3 Å². The van der Waals surface area contributed by atoms with Gasteiger partial charge in [0.05, 0.1) is 0 Å². The Labute approximate surface area is 129 Å². The van der Waals surface area contributed by atoms with Gasteiger partial charge in [-0.25, -0.2) is 4.98 Å². The van der Waals surface area contributed by atoms with Crippen LogP contribution >= 0.6 is 11.3 Å². The predicted molar refractivity (Wildman–Crippen MR) is 86.8 cm³/mol. The third kappa shape index (κ3) is 3.15. The third-order valence-corrected chi connectivity index (χ3v) is 5.57. The van der Waals surface area contributed by atoms with E-state index >= 15 is 0 Å². The summed E-state index contributed by atoms with van der Waals surface area (Å²) in [5.41, 5.74) is 5.96. The zero-order chi connectivity index (χ0) is 15.0. The first-order chi connectivity index (χ1) is 10.1. The van der Waals surface area contributed by atoms with Crippen molar-refractivity contribution in [2.75, 3.05) is 23.7 Å². The lowest BCUT2D eigenvalue weighted by Crippen LogP contribution is -2.38. The number of thiazole rings is 1. The lowest BCUT2D eigenvalue weighted by Gasteiger charge is -2.17. The number of nitrogens with one attached hydrogen (secondary N) is 1. The molecule has 2 saturated carbocycles. The Kier molecular flexibility index (Phi) is 4.06. The number of aromatic nitrogens is 1. The summed E-state index contributed by atoms with van der Waals surface area (Å²) in [6.45, 7) is 5.91. The SMILES string of the molecule is CCN(CC)c1nc(N)c(C(=O)NC(C2CC2)C2CC2)s1. The molecule has 1 heterocycles. The second kappa shape index (κ2) is 5.83. The Hall–Kier alpha value is -1.30. The van der Waals surface area contributed by atoms with Gasteiger partial charge in [0.15, 0.2) is 5.13 Å². The van der Waals surface area contributed by atoms with Gasteiger partial charge in [-0.05, 0) is 51.4 Å². The number of rotatable bonds is 7. The van der Waals surface area contributed by atoms with Gasteiger partial charge >= 0.3 is 0 Å². The van der Waals surface area contributed by atoms with E-state index < -0.39 is 0 Å². The number of nitrogen functional groups attached to an aromatic ring is 1. The number of hydrogen-bond acceptors (Lipinski definition) is 5. The van der Waals surface area contributed by atoms with Crippen molar-refractivity contribution >= 4 is 28.2 Å². The van der Waals surface area contributed by atoms with Crippen LogP contribution in [0, 0.1) is 11.8 Å². The van der Waals surface area contributed by atoms with Crippen LogP contribution in [0.3, 0.4) is 0 Å². The smallest absolute Gasteiger partial charge is 0.265 e. The van der Waals surface area contributed by atoms with Crippen molar-refractivity contribution in [1.29, 1.82) is 0 Å². The molecule has 2 aliphatic rings. The molecular weight excluding hydrogens is 284 g/mol. The van der Waals surface area contributed by atoms with Gasteiger partial charge in [0.2, 0.25) is 0 Å². The van der Waals surface area contributed by atoms with Gasteiger partial charge in [0.25, 0.3) is 5.91 Å².